The quantitative estimate of drug-likeness (QED) is 0.829. The smallest absolute Gasteiger partial charge is 0.231 e. The number of nitrogens with two attached hydrogens (primary N) is 1. The number of aromatic nitrogens is 1. The second kappa shape index (κ2) is 6.81. The lowest BCUT2D eigenvalue weighted by Gasteiger charge is -2.35. The average Bonchev–Trinajstić information content (AvgIpc) is 2.90. The zero-order valence-corrected chi connectivity index (χ0v) is 12.4. The maximum absolute atomic E-state index is 11.4. The van der Waals surface area contributed by atoms with Gasteiger partial charge in [-0.25, -0.2) is 4.98 Å². The molecular formula is C13H20N4O2S. The highest BCUT2D eigenvalue weighted by Crippen LogP contribution is 2.31. The van der Waals surface area contributed by atoms with Gasteiger partial charge in [-0.3, -0.25) is 14.5 Å². The highest BCUT2D eigenvalue weighted by atomic mass is 32.1. The Morgan fingerprint density at radius 3 is 2.75 bits per heavy atom. The monoisotopic (exact) mass is 296 g/mol. The van der Waals surface area contributed by atoms with E-state index in [1.807, 2.05) is 5.38 Å². The summed E-state index contributed by atoms with van der Waals surface area (Å²) in [4.78, 5) is 28.7. The second-order valence-corrected chi connectivity index (χ2v) is 6.05. The lowest BCUT2D eigenvalue weighted by Crippen LogP contribution is -2.43. The number of rotatable bonds is 5. The van der Waals surface area contributed by atoms with Gasteiger partial charge in [0.2, 0.25) is 11.8 Å². The normalized spacial score (nSPS) is 18.6. The van der Waals surface area contributed by atoms with Crippen molar-refractivity contribution in [1.29, 1.82) is 0 Å². The van der Waals surface area contributed by atoms with E-state index in [0.29, 0.717) is 12.5 Å². The van der Waals surface area contributed by atoms with Crippen molar-refractivity contribution in [3.63, 3.8) is 0 Å². The predicted octanol–water partition coefficient (Wildman–Crippen LogP) is 0.518. The van der Waals surface area contributed by atoms with Crippen LogP contribution < -0.4 is 11.1 Å². The van der Waals surface area contributed by atoms with E-state index in [2.05, 4.69) is 15.2 Å². The minimum absolute atomic E-state index is 0.0248. The van der Waals surface area contributed by atoms with E-state index in [-0.39, 0.29) is 17.9 Å². The number of nitrogens with zero attached hydrogens (tertiary/aromatic N) is 2. The van der Waals surface area contributed by atoms with E-state index in [1.165, 1.54) is 6.92 Å². The molecule has 1 aliphatic heterocycles. The first kappa shape index (κ1) is 14.9. The molecule has 0 aromatic carbocycles. The number of hydrogen-bond acceptors (Lipinski definition) is 5. The number of nitrogens with one attached hydrogen (secondary N) is 1. The van der Waals surface area contributed by atoms with Crippen LogP contribution in [0.25, 0.3) is 0 Å². The first-order chi connectivity index (χ1) is 9.56. The molecule has 0 bridgehead atoms. The number of piperidine rings is 1. The SMILES string of the molecule is CC(=O)N[C@@H](c1nccs1)C1CCN(CC(N)=O)CC1. The number of hydrogen-bond donors (Lipinski definition) is 2. The van der Waals surface area contributed by atoms with Gasteiger partial charge < -0.3 is 11.1 Å². The van der Waals surface area contributed by atoms with Crippen molar-refractivity contribution < 1.29 is 9.59 Å². The summed E-state index contributed by atoms with van der Waals surface area (Å²) in [6, 6.07) is -0.0248. The Bertz CT molecular complexity index is 455. The van der Waals surface area contributed by atoms with E-state index in [4.69, 9.17) is 5.73 Å². The molecule has 6 nitrogen and oxygen atoms in total. The summed E-state index contributed by atoms with van der Waals surface area (Å²) in [5.41, 5.74) is 5.21. The van der Waals surface area contributed by atoms with E-state index in [0.717, 1.165) is 30.9 Å². The summed E-state index contributed by atoms with van der Waals surface area (Å²) < 4.78 is 0. The van der Waals surface area contributed by atoms with Crippen LogP contribution in [-0.4, -0.2) is 41.3 Å². The number of likely N-dealkylation sites (tertiary alicyclic amines) is 1. The third-order valence-electron chi connectivity index (χ3n) is 3.56. The van der Waals surface area contributed by atoms with Crippen LogP contribution in [0.5, 0.6) is 0 Å². The number of carbonyl (C=O) groups excluding carboxylic acids is 2. The van der Waals surface area contributed by atoms with Crippen molar-refractivity contribution in [2.24, 2.45) is 11.7 Å². The molecule has 2 amide bonds. The molecule has 1 aromatic rings. The molecule has 0 aliphatic carbocycles. The molecule has 1 atom stereocenters. The lowest BCUT2D eigenvalue weighted by molar-refractivity contribution is -0.120. The maximum Gasteiger partial charge on any atom is 0.231 e. The van der Waals surface area contributed by atoms with E-state index >= 15 is 0 Å². The Morgan fingerprint density at radius 2 is 2.25 bits per heavy atom. The van der Waals surface area contributed by atoms with Gasteiger partial charge in [-0.2, -0.15) is 0 Å². The fourth-order valence-electron chi connectivity index (χ4n) is 2.65. The first-order valence-corrected chi connectivity index (χ1v) is 7.61. The van der Waals surface area contributed by atoms with Gasteiger partial charge in [-0.15, -0.1) is 11.3 Å². The zero-order chi connectivity index (χ0) is 14.5. The first-order valence-electron chi connectivity index (χ1n) is 6.73. The van der Waals surface area contributed by atoms with E-state index in [9.17, 15) is 9.59 Å². The zero-order valence-electron chi connectivity index (χ0n) is 11.5. The summed E-state index contributed by atoms with van der Waals surface area (Å²) in [6.07, 6.45) is 3.62. The minimum Gasteiger partial charge on any atom is -0.369 e. The molecule has 7 heteroatoms. The van der Waals surface area contributed by atoms with Crippen LogP contribution >= 0.6 is 11.3 Å². The van der Waals surface area contributed by atoms with Gasteiger partial charge in [-0.05, 0) is 31.8 Å². The fraction of sp³-hybridized carbons (Fsp3) is 0.615. The number of thiazole rings is 1. The third kappa shape index (κ3) is 4.01. The highest BCUT2D eigenvalue weighted by molar-refractivity contribution is 7.09. The van der Waals surface area contributed by atoms with E-state index < -0.39 is 0 Å². The van der Waals surface area contributed by atoms with Crippen molar-refractivity contribution >= 4 is 23.2 Å². The summed E-state index contributed by atoms with van der Waals surface area (Å²) in [6.45, 7) is 3.50. The van der Waals surface area contributed by atoms with Crippen molar-refractivity contribution in [3.8, 4) is 0 Å². The molecule has 3 N–H and O–H groups in total. The molecule has 1 aliphatic rings. The Labute approximate surface area is 122 Å². The van der Waals surface area contributed by atoms with Gasteiger partial charge in [0, 0.05) is 18.5 Å². The van der Waals surface area contributed by atoms with Crippen molar-refractivity contribution in [3.05, 3.63) is 16.6 Å². The number of primary amides is 1. The standard InChI is InChI=1S/C13H20N4O2S/c1-9(18)16-12(13-15-4-7-20-13)10-2-5-17(6-3-10)8-11(14)19/h4,7,10,12H,2-3,5-6,8H2,1H3,(H2,14,19)(H,16,18)/t12-/m1/s1. The summed E-state index contributed by atoms with van der Waals surface area (Å²) in [5, 5.41) is 5.88. The Morgan fingerprint density at radius 1 is 1.55 bits per heavy atom. The molecule has 0 saturated carbocycles. The van der Waals surface area contributed by atoms with Gasteiger partial charge in [0.1, 0.15) is 5.01 Å². The molecule has 0 radical (unpaired) electrons. The molecule has 20 heavy (non-hydrogen) atoms. The van der Waals surface area contributed by atoms with Crippen molar-refractivity contribution in [2.45, 2.75) is 25.8 Å². The molecule has 110 valence electrons. The molecule has 1 saturated heterocycles. The molecule has 2 rings (SSSR count). The molecule has 1 fully saturated rings. The van der Waals surface area contributed by atoms with Crippen LogP contribution in [0.3, 0.4) is 0 Å². The molecule has 0 unspecified atom stereocenters. The predicted molar refractivity (Wildman–Crippen MR) is 77.0 cm³/mol. The van der Waals surface area contributed by atoms with Crippen molar-refractivity contribution in [2.75, 3.05) is 19.6 Å². The molecule has 2 heterocycles. The fourth-order valence-corrected chi connectivity index (χ4v) is 3.43. The summed E-state index contributed by atoms with van der Waals surface area (Å²) in [7, 11) is 0. The van der Waals surface area contributed by atoms with Crippen LogP contribution in [0.4, 0.5) is 0 Å². The van der Waals surface area contributed by atoms with Crippen molar-refractivity contribution in [1.82, 2.24) is 15.2 Å². The van der Waals surface area contributed by atoms with Crippen LogP contribution in [0.15, 0.2) is 11.6 Å². The van der Waals surface area contributed by atoms with Crippen LogP contribution in [0.1, 0.15) is 30.8 Å². The summed E-state index contributed by atoms with van der Waals surface area (Å²) >= 11 is 1.56. The van der Waals surface area contributed by atoms with Gasteiger partial charge in [0.15, 0.2) is 0 Å². The Balaban J connectivity index is 1.98. The van der Waals surface area contributed by atoms with Gasteiger partial charge in [-0.1, -0.05) is 0 Å². The van der Waals surface area contributed by atoms with Gasteiger partial charge in [0.05, 0.1) is 12.6 Å². The highest BCUT2D eigenvalue weighted by Gasteiger charge is 2.30. The average molecular weight is 296 g/mol. The Kier molecular flexibility index (Phi) is 5.08. The van der Waals surface area contributed by atoms with Crippen LogP contribution in [0, 0.1) is 5.92 Å². The molecule has 0 spiro atoms. The van der Waals surface area contributed by atoms with Gasteiger partial charge in [0.25, 0.3) is 0 Å². The molecular weight excluding hydrogens is 276 g/mol. The largest absolute Gasteiger partial charge is 0.369 e. The van der Waals surface area contributed by atoms with Gasteiger partial charge >= 0.3 is 0 Å². The van der Waals surface area contributed by atoms with Crippen LogP contribution in [0.2, 0.25) is 0 Å². The van der Waals surface area contributed by atoms with E-state index in [1.54, 1.807) is 17.5 Å². The third-order valence-corrected chi connectivity index (χ3v) is 4.42. The minimum atomic E-state index is -0.290. The lowest BCUT2D eigenvalue weighted by atomic mass is 9.89. The second-order valence-electron chi connectivity index (χ2n) is 5.13. The molecule has 1 aromatic heterocycles. The van der Waals surface area contributed by atoms with Crippen LogP contribution in [-0.2, 0) is 9.59 Å². The topological polar surface area (TPSA) is 88.3 Å². The Hall–Kier alpha value is -1.47. The number of carbonyl (C=O) groups is 2. The maximum atomic E-state index is 11.4. The summed E-state index contributed by atoms with van der Waals surface area (Å²) in [5.74, 6) is 0.0285. The number of amides is 2.